The lowest BCUT2D eigenvalue weighted by Crippen LogP contribution is -2.20. The van der Waals surface area contributed by atoms with E-state index in [2.05, 4.69) is 15.3 Å². The van der Waals surface area contributed by atoms with Crippen molar-refractivity contribution in [3.8, 4) is 5.75 Å². The van der Waals surface area contributed by atoms with Gasteiger partial charge in [0.15, 0.2) is 0 Å². The van der Waals surface area contributed by atoms with Gasteiger partial charge in [-0.05, 0) is 31.2 Å². The van der Waals surface area contributed by atoms with E-state index in [0.717, 1.165) is 12.2 Å². The van der Waals surface area contributed by atoms with Gasteiger partial charge in [0.25, 0.3) is 5.91 Å². The Balaban J connectivity index is 1.75. The molecular weight excluding hydrogens is 328 g/mol. The number of amides is 1. The average Bonchev–Trinajstić information content (AvgIpc) is 2.70. The molecule has 0 bridgehead atoms. The van der Waals surface area contributed by atoms with Gasteiger partial charge >= 0.3 is 0 Å². The van der Waals surface area contributed by atoms with Gasteiger partial charge in [0.1, 0.15) is 5.75 Å². The van der Waals surface area contributed by atoms with Crippen LogP contribution in [-0.4, -0.2) is 29.5 Å². The van der Waals surface area contributed by atoms with Gasteiger partial charge in [-0.2, -0.15) is 0 Å². The van der Waals surface area contributed by atoms with Crippen molar-refractivity contribution in [2.75, 3.05) is 23.9 Å². The second kappa shape index (κ2) is 8.11. The van der Waals surface area contributed by atoms with Crippen LogP contribution in [0.5, 0.6) is 5.75 Å². The number of anilines is 3. The number of hydrogen-bond donors (Lipinski definition) is 1. The Kier molecular flexibility index (Phi) is 5.43. The van der Waals surface area contributed by atoms with Crippen molar-refractivity contribution in [1.29, 1.82) is 0 Å². The molecule has 2 aromatic carbocycles. The predicted octanol–water partition coefficient (Wildman–Crippen LogP) is 3.90. The lowest BCUT2D eigenvalue weighted by molar-refractivity contribution is 0.102. The third kappa shape index (κ3) is 3.97. The second-order valence-corrected chi connectivity index (χ2v) is 5.54. The first-order valence-electron chi connectivity index (χ1n) is 8.31. The van der Waals surface area contributed by atoms with Crippen LogP contribution in [0.4, 0.5) is 17.3 Å². The van der Waals surface area contributed by atoms with E-state index in [9.17, 15) is 4.79 Å². The van der Waals surface area contributed by atoms with E-state index in [0.29, 0.717) is 22.9 Å². The Morgan fingerprint density at radius 2 is 1.81 bits per heavy atom. The summed E-state index contributed by atoms with van der Waals surface area (Å²) in [5, 5.41) is 2.81. The summed E-state index contributed by atoms with van der Waals surface area (Å²) in [4.78, 5) is 23.1. The molecule has 0 fully saturated rings. The van der Waals surface area contributed by atoms with Crippen molar-refractivity contribution in [2.24, 2.45) is 0 Å². The zero-order valence-corrected chi connectivity index (χ0v) is 14.7. The van der Waals surface area contributed by atoms with Crippen LogP contribution in [0.15, 0.2) is 67.0 Å². The van der Waals surface area contributed by atoms with Gasteiger partial charge in [-0.3, -0.25) is 4.79 Å². The minimum Gasteiger partial charge on any atom is -0.497 e. The van der Waals surface area contributed by atoms with Crippen molar-refractivity contribution < 1.29 is 9.53 Å². The molecule has 0 aliphatic rings. The summed E-state index contributed by atoms with van der Waals surface area (Å²) in [6.07, 6.45) is 3.06. The molecule has 1 amide bonds. The number of rotatable bonds is 6. The third-order valence-electron chi connectivity index (χ3n) is 3.85. The summed E-state index contributed by atoms with van der Waals surface area (Å²) < 4.78 is 5.16. The Morgan fingerprint density at radius 1 is 1.08 bits per heavy atom. The zero-order chi connectivity index (χ0) is 18.4. The molecule has 6 nitrogen and oxygen atoms in total. The fraction of sp³-hybridized carbons (Fsp3) is 0.150. The molecule has 132 valence electrons. The standard InChI is InChI=1S/C20H20N4O2/c1-3-24(17-9-5-4-6-10-17)20-21-13-15(14-22-20)19(25)23-16-8-7-11-18(12-16)26-2/h4-14H,3H2,1-2H3,(H,23,25). The summed E-state index contributed by atoms with van der Waals surface area (Å²) in [6.45, 7) is 2.75. The molecule has 0 unspecified atom stereocenters. The minimum absolute atomic E-state index is 0.271. The molecule has 0 radical (unpaired) electrons. The van der Waals surface area contributed by atoms with Crippen LogP contribution >= 0.6 is 0 Å². The van der Waals surface area contributed by atoms with Gasteiger partial charge in [0.05, 0.1) is 12.7 Å². The van der Waals surface area contributed by atoms with Gasteiger partial charge in [-0.25, -0.2) is 9.97 Å². The second-order valence-electron chi connectivity index (χ2n) is 5.54. The number of ether oxygens (including phenoxy) is 1. The lowest BCUT2D eigenvalue weighted by atomic mass is 10.2. The highest BCUT2D eigenvalue weighted by atomic mass is 16.5. The number of benzene rings is 2. The minimum atomic E-state index is -0.271. The predicted molar refractivity (Wildman–Crippen MR) is 102 cm³/mol. The van der Waals surface area contributed by atoms with Crippen LogP contribution in [0, 0.1) is 0 Å². The maximum absolute atomic E-state index is 12.4. The summed E-state index contributed by atoms with van der Waals surface area (Å²) >= 11 is 0. The summed E-state index contributed by atoms with van der Waals surface area (Å²) in [6, 6.07) is 17.1. The molecule has 0 atom stereocenters. The van der Waals surface area contributed by atoms with Gasteiger partial charge in [-0.1, -0.05) is 24.3 Å². The van der Waals surface area contributed by atoms with Crippen LogP contribution in [0.2, 0.25) is 0 Å². The SMILES string of the molecule is CCN(c1ccccc1)c1ncc(C(=O)Nc2cccc(OC)c2)cn1. The molecular formula is C20H20N4O2. The number of para-hydroxylation sites is 1. The van der Waals surface area contributed by atoms with Gasteiger partial charge in [-0.15, -0.1) is 0 Å². The molecule has 6 heteroatoms. The van der Waals surface area contributed by atoms with E-state index in [1.807, 2.05) is 54.3 Å². The molecule has 1 N–H and O–H groups in total. The monoisotopic (exact) mass is 348 g/mol. The Morgan fingerprint density at radius 3 is 2.46 bits per heavy atom. The molecule has 3 rings (SSSR count). The van der Waals surface area contributed by atoms with Crippen LogP contribution in [0.25, 0.3) is 0 Å². The maximum Gasteiger partial charge on any atom is 0.258 e. The first-order chi connectivity index (χ1) is 12.7. The van der Waals surface area contributed by atoms with Crippen molar-refractivity contribution in [3.63, 3.8) is 0 Å². The highest BCUT2D eigenvalue weighted by Gasteiger charge is 2.12. The molecule has 0 saturated carbocycles. The fourth-order valence-corrected chi connectivity index (χ4v) is 2.53. The number of carbonyl (C=O) groups excluding carboxylic acids is 1. The Labute approximate surface area is 152 Å². The van der Waals surface area contributed by atoms with Gasteiger partial charge in [0.2, 0.25) is 5.95 Å². The van der Waals surface area contributed by atoms with E-state index < -0.39 is 0 Å². The largest absolute Gasteiger partial charge is 0.497 e. The number of aromatic nitrogens is 2. The smallest absolute Gasteiger partial charge is 0.258 e. The van der Waals surface area contributed by atoms with Crippen LogP contribution in [0.3, 0.4) is 0 Å². The molecule has 1 heterocycles. The first-order valence-corrected chi connectivity index (χ1v) is 8.31. The zero-order valence-electron chi connectivity index (χ0n) is 14.7. The van der Waals surface area contributed by atoms with E-state index in [1.54, 1.807) is 19.2 Å². The maximum atomic E-state index is 12.4. The Bertz CT molecular complexity index is 866. The number of carbonyl (C=O) groups is 1. The number of nitrogens with zero attached hydrogens (tertiary/aromatic N) is 3. The van der Waals surface area contributed by atoms with Crippen molar-refractivity contribution in [3.05, 3.63) is 72.6 Å². The lowest BCUT2D eigenvalue weighted by Gasteiger charge is -2.20. The molecule has 0 aliphatic carbocycles. The van der Waals surface area contributed by atoms with Crippen LogP contribution in [-0.2, 0) is 0 Å². The van der Waals surface area contributed by atoms with E-state index in [-0.39, 0.29) is 5.91 Å². The quantitative estimate of drug-likeness (QED) is 0.732. The van der Waals surface area contributed by atoms with Crippen LogP contribution in [0.1, 0.15) is 17.3 Å². The topological polar surface area (TPSA) is 67.4 Å². The molecule has 3 aromatic rings. The van der Waals surface area contributed by atoms with Crippen molar-refractivity contribution in [2.45, 2.75) is 6.92 Å². The number of nitrogens with one attached hydrogen (secondary N) is 1. The summed E-state index contributed by atoms with van der Waals surface area (Å²) in [5.41, 5.74) is 2.04. The molecule has 0 spiro atoms. The summed E-state index contributed by atoms with van der Waals surface area (Å²) in [5.74, 6) is 0.958. The average molecular weight is 348 g/mol. The fourth-order valence-electron chi connectivity index (χ4n) is 2.53. The van der Waals surface area contributed by atoms with Crippen molar-refractivity contribution in [1.82, 2.24) is 9.97 Å². The molecule has 1 aromatic heterocycles. The third-order valence-corrected chi connectivity index (χ3v) is 3.85. The molecule has 0 aliphatic heterocycles. The highest BCUT2D eigenvalue weighted by Crippen LogP contribution is 2.21. The number of hydrogen-bond acceptors (Lipinski definition) is 5. The normalized spacial score (nSPS) is 10.2. The summed E-state index contributed by atoms with van der Waals surface area (Å²) in [7, 11) is 1.58. The van der Waals surface area contributed by atoms with E-state index in [4.69, 9.17) is 4.74 Å². The van der Waals surface area contributed by atoms with Crippen LogP contribution < -0.4 is 15.0 Å². The first kappa shape index (κ1) is 17.4. The molecule has 26 heavy (non-hydrogen) atoms. The van der Waals surface area contributed by atoms with E-state index >= 15 is 0 Å². The van der Waals surface area contributed by atoms with Gasteiger partial charge < -0.3 is 15.0 Å². The highest BCUT2D eigenvalue weighted by molar-refractivity contribution is 6.04. The number of methoxy groups -OCH3 is 1. The van der Waals surface area contributed by atoms with E-state index in [1.165, 1.54) is 12.4 Å². The molecule has 0 saturated heterocycles. The Hall–Kier alpha value is -3.41. The van der Waals surface area contributed by atoms with Crippen molar-refractivity contribution >= 4 is 23.2 Å². The van der Waals surface area contributed by atoms with Gasteiger partial charge in [0, 0.05) is 36.4 Å².